The van der Waals surface area contributed by atoms with Gasteiger partial charge in [-0.2, -0.15) is 0 Å². The first kappa shape index (κ1) is 16.0. The summed E-state index contributed by atoms with van der Waals surface area (Å²) >= 11 is 5.63. The van der Waals surface area contributed by atoms with E-state index >= 15 is 0 Å². The van der Waals surface area contributed by atoms with Crippen LogP contribution in [0.25, 0.3) is 0 Å². The third kappa shape index (κ3) is 7.85. The van der Waals surface area contributed by atoms with Gasteiger partial charge in [0.2, 0.25) is 5.91 Å². The van der Waals surface area contributed by atoms with Crippen molar-refractivity contribution in [3.63, 3.8) is 0 Å². The van der Waals surface area contributed by atoms with Gasteiger partial charge < -0.3 is 15.4 Å². The minimum absolute atomic E-state index is 0.00219. The molecule has 0 fully saturated rings. The molecule has 0 aliphatic heterocycles. The third-order valence-corrected chi connectivity index (χ3v) is 1.90. The molecule has 0 aromatic carbocycles. The lowest BCUT2D eigenvalue weighted by Crippen LogP contribution is -2.50. The third-order valence-electron chi connectivity index (χ3n) is 1.59. The summed E-state index contributed by atoms with van der Waals surface area (Å²) in [4.78, 5) is 23.1. The number of nitrogens with one attached hydrogen (secondary N) is 2. The molecule has 5 nitrogen and oxygen atoms in total. The first-order chi connectivity index (χ1) is 7.65. The molecule has 0 aromatic heterocycles. The van der Waals surface area contributed by atoms with Gasteiger partial charge in [-0.05, 0) is 34.6 Å². The van der Waals surface area contributed by atoms with Crippen LogP contribution in [0, 0.1) is 0 Å². The van der Waals surface area contributed by atoms with Crippen LogP contribution >= 0.6 is 11.6 Å². The van der Waals surface area contributed by atoms with Gasteiger partial charge in [-0.1, -0.05) is 0 Å². The summed E-state index contributed by atoms with van der Waals surface area (Å²) in [6.07, 6.45) is -0.651. The second kappa shape index (κ2) is 6.69. The molecule has 0 aromatic rings. The molecule has 0 heterocycles. The van der Waals surface area contributed by atoms with E-state index in [2.05, 4.69) is 10.6 Å². The van der Waals surface area contributed by atoms with Crippen LogP contribution in [0.3, 0.4) is 0 Å². The number of alkyl carbamates (subject to hydrolysis) is 1. The smallest absolute Gasteiger partial charge is 0.408 e. The van der Waals surface area contributed by atoms with Crippen LogP contribution < -0.4 is 10.6 Å². The zero-order valence-electron chi connectivity index (χ0n) is 11.0. The number of rotatable bonds is 4. The van der Waals surface area contributed by atoms with E-state index < -0.39 is 17.7 Å². The summed E-state index contributed by atoms with van der Waals surface area (Å²) in [6, 6.07) is -0.789. The Balaban J connectivity index is 4.31. The minimum Gasteiger partial charge on any atom is -0.444 e. The van der Waals surface area contributed by atoms with Crippen molar-refractivity contribution in [3.05, 3.63) is 0 Å². The van der Waals surface area contributed by atoms with Crippen molar-refractivity contribution in [1.29, 1.82) is 0 Å². The first-order valence-corrected chi connectivity index (χ1v) is 6.05. The molecule has 2 amide bonds. The molecular weight excluding hydrogens is 244 g/mol. The summed E-state index contributed by atoms with van der Waals surface area (Å²) in [5.74, 6) is -0.321. The molecule has 0 aliphatic carbocycles. The number of hydrogen-bond acceptors (Lipinski definition) is 3. The van der Waals surface area contributed by atoms with E-state index in [-0.39, 0.29) is 17.8 Å². The van der Waals surface area contributed by atoms with Crippen LogP contribution in [0.2, 0.25) is 0 Å². The van der Waals surface area contributed by atoms with Crippen LogP contribution in [-0.2, 0) is 9.53 Å². The summed E-state index contributed by atoms with van der Waals surface area (Å²) in [6.45, 7) is 8.90. The molecule has 100 valence electrons. The van der Waals surface area contributed by atoms with Gasteiger partial charge in [0.05, 0.1) is 5.88 Å². The van der Waals surface area contributed by atoms with E-state index in [1.165, 1.54) is 0 Å². The molecule has 0 rings (SSSR count). The maximum Gasteiger partial charge on any atom is 0.408 e. The number of ether oxygens (including phenoxy) is 1. The molecule has 0 spiro atoms. The molecule has 0 unspecified atom stereocenters. The largest absolute Gasteiger partial charge is 0.444 e. The standard InChI is InChI=1S/C11H21ClN2O3/c1-7(2)13-9(15)8(6-12)14-10(16)17-11(3,4)5/h7-8H,6H2,1-5H3,(H,13,15)(H,14,16)/t8-/m0/s1. The summed E-state index contributed by atoms with van der Waals surface area (Å²) in [7, 11) is 0. The predicted octanol–water partition coefficient (Wildman–Crippen LogP) is 1.64. The number of carbonyl (C=O) groups is 2. The topological polar surface area (TPSA) is 67.4 Å². The molecule has 2 N–H and O–H groups in total. The van der Waals surface area contributed by atoms with Gasteiger partial charge in [0.1, 0.15) is 11.6 Å². The van der Waals surface area contributed by atoms with Crippen molar-refractivity contribution in [2.24, 2.45) is 0 Å². The summed E-state index contributed by atoms with van der Waals surface area (Å²) in [5.41, 5.74) is -0.602. The summed E-state index contributed by atoms with van der Waals surface area (Å²) < 4.78 is 5.04. The Morgan fingerprint density at radius 3 is 2.12 bits per heavy atom. The Kier molecular flexibility index (Phi) is 6.31. The molecule has 17 heavy (non-hydrogen) atoms. The second-order valence-electron chi connectivity index (χ2n) is 5.02. The van der Waals surface area contributed by atoms with Crippen molar-refractivity contribution in [2.75, 3.05) is 5.88 Å². The molecule has 0 radical (unpaired) electrons. The highest BCUT2D eigenvalue weighted by atomic mass is 35.5. The van der Waals surface area contributed by atoms with Crippen molar-refractivity contribution in [1.82, 2.24) is 10.6 Å². The SMILES string of the molecule is CC(C)NC(=O)[C@H](CCl)NC(=O)OC(C)(C)C. The Hall–Kier alpha value is -0.970. The highest BCUT2D eigenvalue weighted by molar-refractivity contribution is 6.20. The highest BCUT2D eigenvalue weighted by Gasteiger charge is 2.23. The van der Waals surface area contributed by atoms with Crippen molar-refractivity contribution >= 4 is 23.6 Å². The fourth-order valence-electron chi connectivity index (χ4n) is 1.01. The number of halogens is 1. The lowest BCUT2D eigenvalue weighted by atomic mass is 10.2. The molecule has 0 saturated heterocycles. The van der Waals surface area contributed by atoms with E-state index in [0.29, 0.717) is 0 Å². The second-order valence-corrected chi connectivity index (χ2v) is 5.33. The van der Waals surface area contributed by atoms with E-state index in [1.54, 1.807) is 20.8 Å². The van der Waals surface area contributed by atoms with E-state index in [0.717, 1.165) is 0 Å². The molecule has 1 atom stereocenters. The number of hydrogen-bond donors (Lipinski definition) is 2. The van der Waals surface area contributed by atoms with Crippen LogP contribution in [0.5, 0.6) is 0 Å². The van der Waals surface area contributed by atoms with Crippen molar-refractivity contribution < 1.29 is 14.3 Å². The molecular formula is C11H21ClN2O3. The zero-order chi connectivity index (χ0) is 13.6. The van der Waals surface area contributed by atoms with Crippen molar-refractivity contribution in [2.45, 2.75) is 52.3 Å². The van der Waals surface area contributed by atoms with Crippen molar-refractivity contribution in [3.8, 4) is 0 Å². The fourth-order valence-corrected chi connectivity index (χ4v) is 1.23. The minimum atomic E-state index is -0.783. The monoisotopic (exact) mass is 264 g/mol. The number of amides is 2. The van der Waals surface area contributed by atoms with Crippen LogP contribution in [0.1, 0.15) is 34.6 Å². The van der Waals surface area contributed by atoms with Gasteiger partial charge in [-0.25, -0.2) is 4.79 Å². The molecule has 0 bridgehead atoms. The predicted molar refractivity (Wildman–Crippen MR) is 67.2 cm³/mol. The van der Waals surface area contributed by atoms with E-state index in [4.69, 9.17) is 16.3 Å². The summed E-state index contributed by atoms with van der Waals surface area (Å²) in [5, 5.41) is 5.09. The Bertz CT molecular complexity index is 274. The number of alkyl halides is 1. The normalized spacial score (nSPS) is 13.1. The first-order valence-electron chi connectivity index (χ1n) is 5.51. The molecule has 0 aliphatic rings. The average Bonchev–Trinajstić information content (AvgIpc) is 2.09. The Morgan fingerprint density at radius 1 is 1.24 bits per heavy atom. The maximum atomic E-state index is 11.6. The van der Waals surface area contributed by atoms with Crippen LogP contribution in [0.4, 0.5) is 4.79 Å². The highest BCUT2D eigenvalue weighted by Crippen LogP contribution is 2.07. The van der Waals surface area contributed by atoms with Gasteiger partial charge >= 0.3 is 6.09 Å². The van der Waals surface area contributed by atoms with Crippen LogP contribution in [-0.4, -0.2) is 35.6 Å². The molecule has 0 saturated carbocycles. The lowest BCUT2D eigenvalue weighted by Gasteiger charge is -2.22. The van der Waals surface area contributed by atoms with Gasteiger partial charge in [0.25, 0.3) is 0 Å². The zero-order valence-corrected chi connectivity index (χ0v) is 11.7. The Morgan fingerprint density at radius 2 is 1.76 bits per heavy atom. The van der Waals surface area contributed by atoms with Gasteiger partial charge in [0, 0.05) is 6.04 Å². The van der Waals surface area contributed by atoms with Gasteiger partial charge in [0.15, 0.2) is 0 Å². The quantitative estimate of drug-likeness (QED) is 0.759. The average molecular weight is 265 g/mol. The fraction of sp³-hybridized carbons (Fsp3) is 0.818. The molecule has 6 heteroatoms. The van der Waals surface area contributed by atoms with E-state index in [1.807, 2.05) is 13.8 Å². The lowest BCUT2D eigenvalue weighted by molar-refractivity contribution is -0.123. The van der Waals surface area contributed by atoms with Gasteiger partial charge in [-0.3, -0.25) is 4.79 Å². The van der Waals surface area contributed by atoms with E-state index in [9.17, 15) is 9.59 Å². The number of carbonyl (C=O) groups excluding carboxylic acids is 2. The van der Waals surface area contributed by atoms with Crippen LogP contribution in [0.15, 0.2) is 0 Å². The Labute approximate surface area is 107 Å². The van der Waals surface area contributed by atoms with Gasteiger partial charge in [-0.15, -0.1) is 11.6 Å². The maximum absolute atomic E-state index is 11.6.